The third-order valence-electron chi connectivity index (χ3n) is 5.09. The minimum Gasteiger partial charge on any atom is -0.489 e. The summed E-state index contributed by atoms with van der Waals surface area (Å²) in [6.45, 7) is 2.83. The number of hydrogen-bond donors (Lipinski definition) is 0. The maximum atomic E-state index is 12.8. The Balaban J connectivity index is 1.34. The van der Waals surface area contributed by atoms with Crippen LogP contribution < -0.4 is 4.74 Å². The van der Waals surface area contributed by atoms with Crippen molar-refractivity contribution < 1.29 is 14.3 Å². The molecule has 0 aliphatic carbocycles. The number of ether oxygens (including phenoxy) is 1. The van der Waals surface area contributed by atoms with Gasteiger partial charge in [-0.25, -0.2) is 0 Å². The van der Waals surface area contributed by atoms with Gasteiger partial charge in [-0.15, -0.1) is 0 Å². The number of amides is 2. The summed E-state index contributed by atoms with van der Waals surface area (Å²) >= 11 is 7.00. The number of aryl methyl sites for hydroxylation is 1. The van der Waals surface area contributed by atoms with Gasteiger partial charge in [0.1, 0.15) is 12.4 Å². The Bertz CT molecular complexity index is 1080. The fourth-order valence-electron chi connectivity index (χ4n) is 3.45. The maximum absolute atomic E-state index is 12.8. The second kappa shape index (κ2) is 9.58. The van der Waals surface area contributed by atoms with Gasteiger partial charge in [-0.2, -0.15) is 0 Å². The zero-order chi connectivity index (χ0) is 21.8. The molecule has 1 atom stereocenters. The van der Waals surface area contributed by atoms with Crippen LogP contribution in [0, 0.1) is 6.92 Å². The molecule has 3 aromatic rings. The van der Waals surface area contributed by atoms with Crippen molar-refractivity contribution in [3.63, 3.8) is 0 Å². The predicted octanol–water partition coefficient (Wildman–Crippen LogP) is 6.03. The molecule has 0 bridgehead atoms. The summed E-state index contributed by atoms with van der Waals surface area (Å²) in [5, 5.41) is 0.0169. The van der Waals surface area contributed by atoms with Crippen LogP contribution in [0.5, 0.6) is 5.75 Å². The van der Waals surface area contributed by atoms with Crippen molar-refractivity contribution in [1.29, 1.82) is 0 Å². The van der Waals surface area contributed by atoms with Gasteiger partial charge in [0.15, 0.2) is 0 Å². The molecule has 3 aromatic carbocycles. The van der Waals surface area contributed by atoms with E-state index in [-0.39, 0.29) is 17.7 Å². The second-order valence-corrected chi connectivity index (χ2v) is 9.14. The van der Waals surface area contributed by atoms with Gasteiger partial charge in [0.25, 0.3) is 5.24 Å². The van der Waals surface area contributed by atoms with Crippen LogP contribution in [-0.4, -0.2) is 21.3 Å². The Labute approximate surface area is 191 Å². The average molecular weight is 452 g/mol. The fraction of sp³-hybridized carbons (Fsp3) is 0.200. The Kier molecular flexibility index (Phi) is 6.64. The fourth-order valence-corrected chi connectivity index (χ4v) is 4.60. The van der Waals surface area contributed by atoms with Gasteiger partial charge in [0.2, 0.25) is 5.91 Å². The van der Waals surface area contributed by atoms with E-state index < -0.39 is 5.25 Å². The number of carbonyl (C=O) groups is 2. The summed E-state index contributed by atoms with van der Waals surface area (Å²) in [6, 6.07) is 23.1. The number of imide groups is 1. The topological polar surface area (TPSA) is 46.6 Å². The Morgan fingerprint density at radius 3 is 2.35 bits per heavy atom. The number of carbonyl (C=O) groups excluding carboxylic acids is 2. The van der Waals surface area contributed by atoms with Crippen molar-refractivity contribution in [2.75, 3.05) is 0 Å². The summed E-state index contributed by atoms with van der Waals surface area (Å²) in [4.78, 5) is 26.5. The van der Waals surface area contributed by atoms with Crippen LogP contribution in [0.4, 0.5) is 4.79 Å². The molecule has 2 amide bonds. The first-order valence-corrected chi connectivity index (χ1v) is 11.3. The summed E-state index contributed by atoms with van der Waals surface area (Å²) in [7, 11) is 0. The van der Waals surface area contributed by atoms with Crippen LogP contribution in [0.1, 0.15) is 22.3 Å². The minimum atomic E-state index is -0.404. The molecular formula is C25H22ClNO3S. The number of nitrogens with zero attached hydrogens (tertiary/aromatic N) is 1. The molecule has 0 N–H and O–H groups in total. The second-order valence-electron chi connectivity index (χ2n) is 7.55. The molecule has 0 spiro atoms. The van der Waals surface area contributed by atoms with Crippen LogP contribution in [0.2, 0.25) is 5.02 Å². The third-order valence-corrected chi connectivity index (χ3v) is 6.42. The minimum absolute atomic E-state index is 0.148. The number of thioether (sulfide) groups is 1. The molecule has 1 fully saturated rings. The van der Waals surface area contributed by atoms with E-state index >= 15 is 0 Å². The zero-order valence-electron chi connectivity index (χ0n) is 17.1. The quantitative estimate of drug-likeness (QED) is 0.439. The van der Waals surface area contributed by atoms with E-state index in [0.29, 0.717) is 18.1 Å². The molecule has 1 aliphatic rings. The summed E-state index contributed by atoms with van der Waals surface area (Å²) in [6.07, 6.45) is 0.504. The molecule has 6 heteroatoms. The summed E-state index contributed by atoms with van der Waals surface area (Å²) in [5.74, 6) is 0.626. The van der Waals surface area contributed by atoms with Crippen LogP contribution in [0.25, 0.3) is 0 Å². The first-order chi connectivity index (χ1) is 15.0. The van der Waals surface area contributed by atoms with Gasteiger partial charge in [-0.3, -0.25) is 14.5 Å². The van der Waals surface area contributed by atoms with Crippen molar-refractivity contribution >= 4 is 34.5 Å². The van der Waals surface area contributed by atoms with E-state index in [0.717, 1.165) is 34.2 Å². The van der Waals surface area contributed by atoms with Crippen LogP contribution in [0.3, 0.4) is 0 Å². The Morgan fingerprint density at radius 2 is 1.65 bits per heavy atom. The normalized spacial score (nSPS) is 16.1. The van der Waals surface area contributed by atoms with Crippen molar-refractivity contribution in [1.82, 2.24) is 4.90 Å². The molecular weight excluding hydrogens is 430 g/mol. The van der Waals surface area contributed by atoms with Crippen molar-refractivity contribution in [3.05, 3.63) is 100 Å². The number of rotatable bonds is 7. The highest BCUT2D eigenvalue weighted by atomic mass is 35.5. The molecule has 4 nitrogen and oxygen atoms in total. The number of hydrogen-bond acceptors (Lipinski definition) is 4. The monoisotopic (exact) mass is 451 g/mol. The Hall–Kier alpha value is -2.76. The highest BCUT2D eigenvalue weighted by molar-refractivity contribution is 8.15. The lowest BCUT2D eigenvalue weighted by Gasteiger charge is -2.14. The molecule has 0 unspecified atom stereocenters. The SMILES string of the molecule is Cc1cccc(COc2ccc(C[C@H]3SC(=O)N(Cc4ccc(Cl)cc4)C3=O)cc2)c1. The number of benzene rings is 3. The van der Waals surface area contributed by atoms with Crippen molar-refractivity contribution in [2.24, 2.45) is 0 Å². The van der Waals surface area contributed by atoms with E-state index in [1.807, 2.05) is 48.5 Å². The molecule has 1 aliphatic heterocycles. The van der Waals surface area contributed by atoms with E-state index in [4.69, 9.17) is 16.3 Å². The van der Waals surface area contributed by atoms with Crippen LogP contribution >= 0.6 is 23.4 Å². The van der Waals surface area contributed by atoms with Gasteiger partial charge in [0.05, 0.1) is 11.8 Å². The molecule has 31 heavy (non-hydrogen) atoms. The Morgan fingerprint density at radius 1 is 0.935 bits per heavy atom. The standard InChI is InChI=1S/C25H22ClNO3S/c1-17-3-2-4-20(13-17)16-30-22-11-7-18(8-12-22)14-23-24(28)27(25(29)31-23)15-19-5-9-21(26)10-6-19/h2-13,23H,14-16H2,1H3/t23-/m1/s1. The first-order valence-electron chi connectivity index (χ1n) is 10.0. The molecule has 0 saturated carbocycles. The van der Waals surface area contributed by atoms with E-state index in [1.54, 1.807) is 12.1 Å². The lowest BCUT2D eigenvalue weighted by molar-refractivity contribution is -0.127. The van der Waals surface area contributed by atoms with Gasteiger partial charge in [-0.05, 0) is 54.3 Å². The highest BCUT2D eigenvalue weighted by Crippen LogP contribution is 2.31. The lowest BCUT2D eigenvalue weighted by Crippen LogP contribution is -2.31. The maximum Gasteiger partial charge on any atom is 0.289 e. The molecule has 1 heterocycles. The van der Waals surface area contributed by atoms with E-state index in [1.165, 1.54) is 10.5 Å². The van der Waals surface area contributed by atoms with Gasteiger partial charge in [0, 0.05) is 5.02 Å². The zero-order valence-corrected chi connectivity index (χ0v) is 18.7. The molecule has 158 valence electrons. The molecule has 0 aromatic heterocycles. The summed E-state index contributed by atoms with van der Waals surface area (Å²) in [5.41, 5.74) is 4.20. The predicted molar refractivity (Wildman–Crippen MR) is 124 cm³/mol. The lowest BCUT2D eigenvalue weighted by atomic mass is 10.1. The smallest absolute Gasteiger partial charge is 0.289 e. The molecule has 0 radical (unpaired) electrons. The van der Waals surface area contributed by atoms with Gasteiger partial charge < -0.3 is 4.74 Å². The molecule has 4 rings (SSSR count). The van der Waals surface area contributed by atoms with E-state index in [9.17, 15) is 9.59 Å². The van der Waals surface area contributed by atoms with Gasteiger partial charge >= 0.3 is 0 Å². The largest absolute Gasteiger partial charge is 0.489 e. The van der Waals surface area contributed by atoms with Crippen molar-refractivity contribution in [2.45, 2.75) is 31.7 Å². The average Bonchev–Trinajstić information content (AvgIpc) is 3.02. The van der Waals surface area contributed by atoms with E-state index in [2.05, 4.69) is 19.1 Å². The highest BCUT2D eigenvalue weighted by Gasteiger charge is 2.39. The van der Waals surface area contributed by atoms with Gasteiger partial charge in [-0.1, -0.05) is 77.5 Å². The van der Waals surface area contributed by atoms with Crippen molar-refractivity contribution in [3.8, 4) is 5.75 Å². The number of halogens is 1. The third kappa shape index (κ3) is 5.49. The molecule has 1 saturated heterocycles. The summed E-state index contributed by atoms with van der Waals surface area (Å²) < 4.78 is 5.86. The first kappa shape index (κ1) is 21.5. The van der Waals surface area contributed by atoms with Crippen LogP contribution in [0.15, 0.2) is 72.8 Å². The van der Waals surface area contributed by atoms with Crippen LogP contribution in [-0.2, 0) is 24.4 Å².